The van der Waals surface area contributed by atoms with Crippen LogP contribution in [0.25, 0.3) is 0 Å². The van der Waals surface area contributed by atoms with E-state index < -0.39 is 12.1 Å². The molecule has 0 saturated heterocycles. The van der Waals surface area contributed by atoms with Gasteiger partial charge < -0.3 is 14.7 Å². The Bertz CT molecular complexity index is 563. The Morgan fingerprint density at radius 2 is 2.05 bits per heavy atom. The molecule has 2 rings (SSSR count). The maximum atomic E-state index is 12.0. The number of fused-ring (bicyclic) bond motifs is 1. The smallest absolute Gasteiger partial charge is 0.338 e. The van der Waals surface area contributed by atoms with Crippen LogP contribution < -0.4 is 4.90 Å². The summed E-state index contributed by atoms with van der Waals surface area (Å²) in [6.45, 7) is 4.03. The molecule has 0 spiro atoms. The SMILES string of the molecule is CCC1=C(C(=O)OC)C(O)c2cc(CC)ccc2N1C. The lowest BCUT2D eigenvalue weighted by atomic mass is 9.90. The molecule has 4 heteroatoms. The molecule has 20 heavy (non-hydrogen) atoms. The van der Waals surface area contributed by atoms with Crippen LogP contribution in [0.2, 0.25) is 0 Å². The highest BCUT2D eigenvalue weighted by atomic mass is 16.5. The van der Waals surface area contributed by atoms with Crippen LogP contribution in [-0.4, -0.2) is 25.2 Å². The van der Waals surface area contributed by atoms with Crippen molar-refractivity contribution >= 4 is 11.7 Å². The van der Waals surface area contributed by atoms with E-state index in [1.54, 1.807) is 0 Å². The monoisotopic (exact) mass is 275 g/mol. The molecule has 0 saturated carbocycles. The first-order valence-electron chi connectivity index (χ1n) is 6.91. The van der Waals surface area contributed by atoms with E-state index in [0.717, 1.165) is 28.9 Å². The second-order valence-corrected chi connectivity index (χ2v) is 4.91. The topological polar surface area (TPSA) is 49.8 Å². The van der Waals surface area contributed by atoms with Crippen LogP contribution in [0, 0.1) is 0 Å². The highest BCUT2D eigenvalue weighted by Crippen LogP contribution is 2.40. The van der Waals surface area contributed by atoms with Crippen molar-refractivity contribution in [3.63, 3.8) is 0 Å². The summed E-state index contributed by atoms with van der Waals surface area (Å²) in [6, 6.07) is 6.02. The number of hydrogen-bond acceptors (Lipinski definition) is 4. The average Bonchev–Trinajstić information content (AvgIpc) is 2.49. The van der Waals surface area contributed by atoms with E-state index in [0.29, 0.717) is 12.0 Å². The fourth-order valence-corrected chi connectivity index (χ4v) is 2.75. The number of esters is 1. The second-order valence-electron chi connectivity index (χ2n) is 4.91. The van der Waals surface area contributed by atoms with Crippen molar-refractivity contribution in [3.05, 3.63) is 40.6 Å². The van der Waals surface area contributed by atoms with Gasteiger partial charge in [0.15, 0.2) is 0 Å². The number of aliphatic hydroxyl groups excluding tert-OH is 1. The Morgan fingerprint density at radius 3 is 2.60 bits per heavy atom. The Hall–Kier alpha value is -1.81. The van der Waals surface area contributed by atoms with E-state index in [-0.39, 0.29) is 0 Å². The molecule has 1 N–H and O–H groups in total. The third kappa shape index (κ3) is 2.20. The standard InChI is InChI=1S/C16H21NO3/c1-5-10-7-8-13-11(9-10)15(18)14(16(19)20-4)12(6-2)17(13)3/h7-9,15,18H,5-6H2,1-4H3. The van der Waals surface area contributed by atoms with Crippen molar-refractivity contribution in [2.45, 2.75) is 32.8 Å². The third-order valence-electron chi connectivity index (χ3n) is 3.89. The normalized spacial score (nSPS) is 18.1. The van der Waals surface area contributed by atoms with Crippen molar-refractivity contribution < 1.29 is 14.6 Å². The van der Waals surface area contributed by atoms with Gasteiger partial charge in [-0.05, 0) is 24.5 Å². The van der Waals surface area contributed by atoms with Gasteiger partial charge in [0.25, 0.3) is 0 Å². The highest BCUT2D eigenvalue weighted by Gasteiger charge is 2.33. The first-order chi connectivity index (χ1) is 9.54. The lowest BCUT2D eigenvalue weighted by Crippen LogP contribution is -2.30. The fourth-order valence-electron chi connectivity index (χ4n) is 2.75. The molecular weight excluding hydrogens is 254 g/mol. The third-order valence-corrected chi connectivity index (χ3v) is 3.89. The van der Waals surface area contributed by atoms with Crippen LogP contribution >= 0.6 is 0 Å². The van der Waals surface area contributed by atoms with E-state index >= 15 is 0 Å². The van der Waals surface area contributed by atoms with E-state index in [9.17, 15) is 9.90 Å². The summed E-state index contributed by atoms with van der Waals surface area (Å²) in [7, 11) is 3.26. The van der Waals surface area contributed by atoms with E-state index in [2.05, 4.69) is 13.0 Å². The molecule has 1 aliphatic rings. The zero-order valence-electron chi connectivity index (χ0n) is 12.4. The van der Waals surface area contributed by atoms with Gasteiger partial charge >= 0.3 is 5.97 Å². The molecule has 4 nitrogen and oxygen atoms in total. The fraction of sp³-hybridized carbons (Fsp3) is 0.438. The molecule has 1 atom stereocenters. The van der Waals surface area contributed by atoms with Gasteiger partial charge in [-0.3, -0.25) is 0 Å². The molecule has 1 aliphatic heterocycles. The molecule has 0 amide bonds. The van der Waals surface area contributed by atoms with Crippen molar-refractivity contribution in [1.82, 2.24) is 0 Å². The molecule has 1 aromatic rings. The van der Waals surface area contributed by atoms with Crippen LogP contribution in [0.5, 0.6) is 0 Å². The van der Waals surface area contributed by atoms with Gasteiger partial charge in [-0.25, -0.2) is 4.79 Å². The summed E-state index contributed by atoms with van der Waals surface area (Å²) < 4.78 is 4.83. The minimum absolute atomic E-state index is 0.346. The number of benzene rings is 1. The Morgan fingerprint density at radius 1 is 1.35 bits per heavy atom. The highest BCUT2D eigenvalue weighted by molar-refractivity contribution is 5.93. The second kappa shape index (κ2) is 5.67. The summed E-state index contributed by atoms with van der Waals surface area (Å²) >= 11 is 0. The number of allylic oxidation sites excluding steroid dienone is 1. The first kappa shape index (κ1) is 14.6. The van der Waals surface area contributed by atoms with Gasteiger partial charge in [0.2, 0.25) is 0 Å². The maximum Gasteiger partial charge on any atom is 0.338 e. The van der Waals surface area contributed by atoms with Gasteiger partial charge in [0.05, 0.1) is 12.7 Å². The number of aryl methyl sites for hydroxylation is 1. The van der Waals surface area contributed by atoms with E-state index in [1.807, 2.05) is 31.0 Å². The van der Waals surface area contributed by atoms with Crippen LogP contribution in [0.4, 0.5) is 5.69 Å². The number of nitrogens with zero attached hydrogens (tertiary/aromatic N) is 1. The van der Waals surface area contributed by atoms with Crippen molar-refractivity contribution in [2.75, 3.05) is 19.1 Å². The van der Waals surface area contributed by atoms with Gasteiger partial charge in [0, 0.05) is 24.0 Å². The lowest BCUT2D eigenvalue weighted by Gasteiger charge is -2.34. The Balaban J connectivity index is 2.60. The summed E-state index contributed by atoms with van der Waals surface area (Å²) in [5.41, 5.74) is 4.00. The minimum Gasteiger partial charge on any atom is -0.466 e. The van der Waals surface area contributed by atoms with Gasteiger partial charge in [0.1, 0.15) is 6.10 Å². The summed E-state index contributed by atoms with van der Waals surface area (Å²) in [4.78, 5) is 14.0. The van der Waals surface area contributed by atoms with Gasteiger partial charge in [-0.1, -0.05) is 26.0 Å². The van der Waals surface area contributed by atoms with E-state index in [4.69, 9.17) is 4.74 Å². The zero-order chi connectivity index (χ0) is 14.9. The number of aliphatic hydroxyl groups is 1. The molecule has 1 unspecified atom stereocenters. The quantitative estimate of drug-likeness (QED) is 0.861. The number of hydrogen-bond donors (Lipinski definition) is 1. The number of anilines is 1. The van der Waals surface area contributed by atoms with Crippen LogP contribution in [-0.2, 0) is 16.0 Å². The summed E-state index contributed by atoms with van der Waals surface area (Å²) in [6.07, 6.45) is 0.629. The summed E-state index contributed by atoms with van der Waals surface area (Å²) in [5, 5.41) is 10.6. The summed E-state index contributed by atoms with van der Waals surface area (Å²) in [5.74, 6) is -0.464. The Kier molecular flexibility index (Phi) is 4.14. The predicted octanol–water partition coefficient (Wildman–Crippen LogP) is 2.57. The van der Waals surface area contributed by atoms with Crippen LogP contribution in [0.15, 0.2) is 29.5 Å². The number of carbonyl (C=O) groups is 1. The van der Waals surface area contributed by atoms with Crippen molar-refractivity contribution in [2.24, 2.45) is 0 Å². The average molecular weight is 275 g/mol. The predicted molar refractivity (Wildman–Crippen MR) is 78.5 cm³/mol. The largest absolute Gasteiger partial charge is 0.466 e. The van der Waals surface area contributed by atoms with Crippen molar-refractivity contribution in [1.29, 1.82) is 0 Å². The molecule has 1 aromatic carbocycles. The molecule has 0 aliphatic carbocycles. The van der Waals surface area contributed by atoms with Gasteiger partial charge in [-0.2, -0.15) is 0 Å². The molecule has 1 heterocycles. The van der Waals surface area contributed by atoms with Crippen LogP contribution in [0.1, 0.15) is 37.5 Å². The molecule has 0 bridgehead atoms. The number of methoxy groups -OCH3 is 1. The van der Waals surface area contributed by atoms with Gasteiger partial charge in [-0.15, -0.1) is 0 Å². The lowest BCUT2D eigenvalue weighted by molar-refractivity contribution is -0.137. The number of rotatable bonds is 3. The zero-order valence-corrected chi connectivity index (χ0v) is 12.4. The van der Waals surface area contributed by atoms with Crippen LogP contribution in [0.3, 0.4) is 0 Å². The molecule has 0 aromatic heterocycles. The molecule has 0 radical (unpaired) electrons. The first-order valence-corrected chi connectivity index (χ1v) is 6.91. The number of carbonyl (C=O) groups excluding carboxylic acids is 1. The molecular formula is C16H21NO3. The Labute approximate surface area is 119 Å². The molecule has 108 valence electrons. The van der Waals surface area contributed by atoms with E-state index in [1.165, 1.54) is 7.11 Å². The maximum absolute atomic E-state index is 12.0. The molecule has 0 fully saturated rings. The van der Waals surface area contributed by atoms with Crippen molar-refractivity contribution in [3.8, 4) is 0 Å². The minimum atomic E-state index is -0.921. The number of ether oxygens (including phenoxy) is 1.